The van der Waals surface area contributed by atoms with E-state index in [1.54, 1.807) is 0 Å². The molecule has 14 heteroatoms. The van der Waals surface area contributed by atoms with Gasteiger partial charge >= 0.3 is 11.9 Å². The Kier molecular flexibility index (Phi) is 11.6. The van der Waals surface area contributed by atoms with Crippen molar-refractivity contribution in [3.05, 3.63) is 0 Å². The van der Waals surface area contributed by atoms with Gasteiger partial charge < -0.3 is 28.6 Å². The molecular weight excluding hydrogens is 460 g/mol. The summed E-state index contributed by atoms with van der Waals surface area (Å²) < 4.78 is 20.4. The molecule has 0 aliphatic carbocycles. The molecule has 0 radical (unpaired) electrons. The first kappa shape index (κ1) is 26.9. The molecule has 0 aromatic carbocycles. The van der Waals surface area contributed by atoms with Gasteiger partial charge in [0.1, 0.15) is 26.4 Å². The molecule has 2 aliphatic rings. The maximum atomic E-state index is 11.5. The van der Waals surface area contributed by atoms with Gasteiger partial charge in [0, 0.05) is 25.7 Å². The van der Waals surface area contributed by atoms with Gasteiger partial charge in [-0.1, -0.05) is 11.8 Å². The molecule has 186 valence electrons. The van der Waals surface area contributed by atoms with E-state index >= 15 is 0 Å². The number of hydroxylamine groups is 4. The van der Waals surface area contributed by atoms with E-state index in [4.69, 9.17) is 18.9 Å². The molecule has 0 unspecified atom stereocenters. The Balaban J connectivity index is 1.37. The second-order valence-corrected chi connectivity index (χ2v) is 6.65. The number of hydrogen-bond acceptors (Lipinski definition) is 12. The first-order valence-corrected chi connectivity index (χ1v) is 10.3. The van der Waals surface area contributed by atoms with Crippen LogP contribution in [-0.2, 0) is 57.4 Å². The molecule has 0 saturated carbocycles. The van der Waals surface area contributed by atoms with E-state index in [1.165, 1.54) is 0 Å². The lowest BCUT2D eigenvalue weighted by atomic mass is 10.4. The SMILES string of the molecule is O=C(COCCOCC#CCOCCOCC(=O)ON1C(=O)CCC1=O)ON1C(=O)CCC1=O. The van der Waals surface area contributed by atoms with Crippen molar-refractivity contribution in [2.75, 3.05) is 52.9 Å². The Hall–Kier alpha value is -3.38. The number of nitrogens with zero attached hydrogens (tertiary/aromatic N) is 2. The first-order valence-electron chi connectivity index (χ1n) is 10.3. The van der Waals surface area contributed by atoms with Gasteiger partial charge in [0.25, 0.3) is 23.6 Å². The Morgan fingerprint density at radius 1 is 0.588 bits per heavy atom. The van der Waals surface area contributed by atoms with Crippen molar-refractivity contribution in [1.82, 2.24) is 10.1 Å². The van der Waals surface area contributed by atoms with E-state index in [0.29, 0.717) is 10.1 Å². The van der Waals surface area contributed by atoms with Gasteiger partial charge in [-0.3, -0.25) is 19.2 Å². The van der Waals surface area contributed by atoms with Crippen LogP contribution < -0.4 is 0 Å². The average Bonchev–Trinajstić information content (AvgIpc) is 3.29. The minimum absolute atomic E-state index is 0.0180. The van der Waals surface area contributed by atoms with Crippen LogP contribution in [0.3, 0.4) is 0 Å². The molecule has 34 heavy (non-hydrogen) atoms. The Labute approximate surface area is 194 Å². The predicted molar refractivity (Wildman–Crippen MR) is 105 cm³/mol. The van der Waals surface area contributed by atoms with Crippen LogP contribution in [-0.4, -0.2) is 98.5 Å². The number of amides is 4. The second-order valence-electron chi connectivity index (χ2n) is 6.65. The average molecular weight is 484 g/mol. The molecule has 2 saturated heterocycles. The van der Waals surface area contributed by atoms with E-state index in [0.717, 1.165) is 0 Å². The number of hydrogen-bond donors (Lipinski definition) is 0. The standard InChI is InChI=1S/C20H24N2O12/c23-15-3-4-16(24)21(15)33-19(27)13-31-11-9-29-7-1-2-8-30-10-12-32-14-20(28)34-22-17(25)5-6-18(22)26/h3-14H2. The number of ether oxygens (including phenoxy) is 4. The molecule has 0 bridgehead atoms. The molecule has 2 aliphatic heterocycles. The van der Waals surface area contributed by atoms with Crippen LogP contribution in [0.25, 0.3) is 0 Å². The lowest BCUT2D eigenvalue weighted by Crippen LogP contribution is -2.33. The van der Waals surface area contributed by atoms with Crippen molar-refractivity contribution in [1.29, 1.82) is 0 Å². The van der Waals surface area contributed by atoms with Crippen LogP contribution in [0.5, 0.6) is 0 Å². The number of carbonyl (C=O) groups is 6. The molecule has 2 fully saturated rings. The highest BCUT2D eigenvalue weighted by atomic mass is 16.7. The summed E-state index contributed by atoms with van der Waals surface area (Å²) in [4.78, 5) is 77.5. The van der Waals surface area contributed by atoms with Crippen LogP contribution in [0, 0.1) is 11.8 Å². The summed E-state index contributed by atoms with van der Waals surface area (Å²) in [6.45, 7) is -0.201. The second kappa shape index (κ2) is 14.7. The molecule has 0 aromatic rings. The van der Waals surface area contributed by atoms with Gasteiger partial charge in [0.05, 0.1) is 26.4 Å². The van der Waals surface area contributed by atoms with Gasteiger partial charge in [-0.05, 0) is 0 Å². The van der Waals surface area contributed by atoms with Crippen molar-refractivity contribution < 1.29 is 57.4 Å². The highest BCUT2D eigenvalue weighted by molar-refractivity contribution is 6.02. The maximum Gasteiger partial charge on any atom is 0.358 e. The predicted octanol–water partition coefficient (Wildman–Crippen LogP) is -1.73. The molecule has 2 rings (SSSR count). The lowest BCUT2D eigenvalue weighted by Gasteiger charge is -2.12. The van der Waals surface area contributed by atoms with E-state index in [1.807, 2.05) is 0 Å². The summed E-state index contributed by atoms with van der Waals surface area (Å²) in [5.41, 5.74) is 0. The minimum Gasteiger partial charge on any atom is -0.367 e. The van der Waals surface area contributed by atoms with Crippen molar-refractivity contribution in [2.45, 2.75) is 25.7 Å². The van der Waals surface area contributed by atoms with Crippen LogP contribution in [0.15, 0.2) is 0 Å². The highest BCUT2D eigenvalue weighted by Crippen LogP contribution is 2.12. The maximum absolute atomic E-state index is 11.5. The third-order valence-electron chi connectivity index (χ3n) is 4.06. The Morgan fingerprint density at radius 3 is 1.26 bits per heavy atom. The van der Waals surface area contributed by atoms with Gasteiger partial charge in [-0.2, -0.15) is 0 Å². The lowest BCUT2D eigenvalue weighted by molar-refractivity contribution is -0.200. The molecule has 14 nitrogen and oxygen atoms in total. The molecule has 0 atom stereocenters. The van der Waals surface area contributed by atoms with Crippen molar-refractivity contribution >= 4 is 35.6 Å². The van der Waals surface area contributed by atoms with Crippen molar-refractivity contribution in [2.24, 2.45) is 0 Å². The summed E-state index contributed by atoms with van der Waals surface area (Å²) in [5.74, 6) is 1.40. The zero-order valence-electron chi connectivity index (χ0n) is 18.3. The first-order chi connectivity index (χ1) is 16.4. The summed E-state index contributed by atoms with van der Waals surface area (Å²) in [6, 6.07) is 0. The topological polar surface area (TPSA) is 164 Å². The summed E-state index contributed by atoms with van der Waals surface area (Å²) in [6.07, 6.45) is 0.0721. The zero-order valence-corrected chi connectivity index (χ0v) is 18.3. The fourth-order valence-corrected chi connectivity index (χ4v) is 2.47. The van der Waals surface area contributed by atoms with Crippen molar-refractivity contribution in [3.63, 3.8) is 0 Å². The monoisotopic (exact) mass is 484 g/mol. The van der Waals surface area contributed by atoms with Crippen LogP contribution in [0.4, 0.5) is 0 Å². The number of imide groups is 2. The molecule has 0 aromatic heterocycles. The van der Waals surface area contributed by atoms with Crippen molar-refractivity contribution in [3.8, 4) is 11.8 Å². The Morgan fingerprint density at radius 2 is 0.912 bits per heavy atom. The fourth-order valence-electron chi connectivity index (χ4n) is 2.47. The van der Waals surface area contributed by atoms with Crippen LogP contribution in [0.1, 0.15) is 25.7 Å². The quantitative estimate of drug-likeness (QED) is 0.156. The molecule has 2 heterocycles. The fraction of sp³-hybridized carbons (Fsp3) is 0.600. The minimum atomic E-state index is -0.863. The third kappa shape index (κ3) is 9.63. The van der Waals surface area contributed by atoms with Gasteiger partial charge in [-0.15, -0.1) is 10.1 Å². The zero-order chi connectivity index (χ0) is 24.8. The summed E-state index contributed by atoms with van der Waals surface area (Å²) >= 11 is 0. The number of rotatable bonds is 14. The molecular formula is C20H24N2O12. The molecule has 0 spiro atoms. The van der Waals surface area contributed by atoms with E-state index in [2.05, 4.69) is 21.5 Å². The van der Waals surface area contributed by atoms with Gasteiger partial charge in [0.2, 0.25) is 0 Å². The Bertz CT molecular complexity index is 748. The van der Waals surface area contributed by atoms with E-state index < -0.39 is 48.8 Å². The molecule has 4 amide bonds. The van der Waals surface area contributed by atoms with Crippen LogP contribution in [0.2, 0.25) is 0 Å². The van der Waals surface area contributed by atoms with Gasteiger partial charge in [-0.25, -0.2) is 9.59 Å². The van der Waals surface area contributed by atoms with Crippen LogP contribution >= 0.6 is 0 Å². The molecule has 0 N–H and O–H groups in total. The number of carbonyl (C=O) groups excluding carboxylic acids is 6. The highest BCUT2D eigenvalue weighted by Gasteiger charge is 2.33. The summed E-state index contributed by atoms with van der Waals surface area (Å²) in [5, 5.41) is 0.893. The van der Waals surface area contributed by atoms with E-state index in [-0.39, 0.29) is 65.3 Å². The van der Waals surface area contributed by atoms with Gasteiger partial charge in [0.15, 0.2) is 0 Å². The van der Waals surface area contributed by atoms with E-state index in [9.17, 15) is 28.8 Å². The largest absolute Gasteiger partial charge is 0.367 e. The summed E-state index contributed by atoms with van der Waals surface area (Å²) in [7, 11) is 0. The normalized spacial score (nSPS) is 15.5. The third-order valence-corrected chi connectivity index (χ3v) is 4.06. The smallest absolute Gasteiger partial charge is 0.358 e.